The van der Waals surface area contributed by atoms with Crippen LogP contribution in [0.5, 0.6) is 0 Å². The maximum absolute atomic E-state index is 8.91. The highest BCUT2D eigenvalue weighted by Gasteiger charge is 2.22. The maximum atomic E-state index is 8.91. The highest BCUT2D eigenvalue weighted by atomic mass is 32.1. The van der Waals surface area contributed by atoms with Crippen LogP contribution in [0.1, 0.15) is 18.1 Å². The van der Waals surface area contributed by atoms with Gasteiger partial charge in [0.1, 0.15) is 0 Å². The summed E-state index contributed by atoms with van der Waals surface area (Å²) in [6, 6.07) is 44.9. The normalized spacial score (nSPS) is 12.3. The van der Waals surface area contributed by atoms with Crippen molar-refractivity contribution in [1.82, 2.24) is 4.57 Å². The smallest absolute Gasteiger partial charge is 0.0768 e. The van der Waals surface area contributed by atoms with Gasteiger partial charge in [-0.2, -0.15) is 0 Å². The summed E-state index contributed by atoms with van der Waals surface area (Å²) in [5, 5.41) is 15.9. The fraction of sp³-hybridized carbons (Fsp3) is 0.0233. The number of thiophene rings is 3. The average molecular weight is 684 g/mol. The Kier molecular flexibility index (Phi) is 7.24. The van der Waals surface area contributed by atoms with Crippen molar-refractivity contribution in [2.75, 3.05) is 0 Å². The van der Waals surface area contributed by atoms with E-state index in [1.807, 2.05) is 59.9 Å². The van der Waals surface area contributed by atoms with Crippen molar-refractivity contribution in [2.24, 2.45) is 4.99 Å². The lowest BCUT2D eigenvalue weighted by molar-refractivity contribution is 1.18. The van der Waals surface area contributed by atoms with Crippen molar-refractivity contribution in [3.05, 3.63) is 155 Å². The molecule has 0 aliphatic heterocycles. The van der Waals surface area contributed by atoms with Gasteiger partial charge in [0.05, 0.1) is 41.2 Å². The molecule has 0 unspecified atom stereocenters. The molecule has 4 heterocycles. The van der Waals surface area contributed by atoms with Crippen molar-refractivity contribution in [3.8, 4) is 27.9 Å². The van der Waals surface area contributed by atoms with Gasteiger partial charge in [0, 0.05) is 43.9 Å². The van der Waals surface area contributed by atoms with Crippen molar-refractivity contribution in [3.63, 3.8) is 0 Å². The van der Waals surface area contributed by atoms with Crippen LogP contribution in [-0.2, 0) is 0 Å². The van der Waals surface area contributed by atoms with E-state index in [2.05, 4.69) is 124 Å². The molecule has 0 atom stereocenters. The standard InChI is InChI=1S/C43H29N3S3/c1-26(38(44)28-14-8-4-9-15-28)39(45-2)35-25-48-43-41(35)49-40-34(24-47-42(40)43)30-19-21-37-33(23-30)32-22-29(27-12-6-3-7-13-27)18-20-36(32)46(37)31-16-10-5-11-17-31/h3-25,44H,2H2,1H3. The summed E-state index contributed by atoms with van der Waals surface area (Å²) in [7, 11) is 0. The summed E-state index contributed by atoms with van der Waals surface area (Å²) < 4.78 is 7.48. The zero-order chi connectivity index (χ0) is 33.1. The molecule has 0 saturated carbocycles. The van der Waals surface area contributed by atoms with E-state index in [4.69, 9.17) is 5.41 Å². The summed E-state index contributed by atoms with van der Waals surface area (Å²) in [5.41, 5.74) is 12.5. The summed E-state index contributed by atoms with van der Waals surface area (Å²) in [6.45, 7) is 5.92. The monoisotopic (exact) mass is 683 g/mol. The second-order valence-corrected chi connectivity index (χ2v) is 14.9. The molecule has 0 bridgehead atoms. The number of benzene rings is 5. The molecule has 0 saturated heterocycles. The van der Waals surface area contributed by atoms with Gasteiger partial charge >= 0.3 is 0 Å². The minimum Gasteiger partial charge on any atom is -0.309 e. The van der Waals surface area contributed by atoms with Crippen LogP contribution < -0.4 is 0 Å². The van der Waals surface area contributed by atoms with Crippen LogP contribution in [0.2, 0.25) is 0 Å². The lowest BCUT2D eigenvalue weighted by Gasteiger charge is -2.09. The molecule has 9 aromatic rings. The van der Waals surface area contributed by atoms with Crippen molar-refractivity contribution in [1.29, 1.82) is 5.41 Å². The molecule has 0 radical (unpaired) electrons. The first kappa shape index (κ1) is 29.7. The number of hydrogen-bond donors (Lipinski definition) is 1. The molecule has 5 aromatic carbocycles. The van der Waals surface area contributed by atoms with Crippen LogP contribution in [0, 0.1) is 5.41 Å². The highest BCUT2D eigenvalue weighted by Crippen LogP contribution is 2.50. The minimum atomic E-state index is 0.472. The lowest BCUT2D eigenvalue weighted by atomic mass is 10.00. The van der Waals surface area contributed by atoms with Crippen LogP contribution in [0.3, 0.4) is 0 Å². The molecular formula is C43H29N3S3. The second kappa shape index (κ2) is 11.9. The first-order chi connectivity index (χ1) is 24.1. The number of aliphatic imine (C=N–C) groups is 1. The molecule has 3 nitrogen and oxygen atoms in total. The third-order valence-electron chi connectivity index (χ3n) is 9.30. The SMILES string of the molecule is C=NC(=C(C)C(=N)c1ccccc1)c1csc2c1sc1c(-c3ccc4c(c3)c3cc(-c5ccccc5)ccc3n4-c3ccccc3)csc12. The number of para-hydroxylation sites is 1. The molecule has 0 spiro atoms. The molecule has 6 heteroatoms. The van der Waals surface area contributed by atoms with Gasteiger partial charge in [0.2, 0.25) is 0 Å². The van der Waals surface area contributed by atoms with E-state index in [0.717, 1.165) is 28.1 Å². The van der Waals surface area contributed by atoms with E-state index < -0.39 is 0 Å². The Bertz CT molecular complexity index is 2740. The Morgan fingerprint density at radius 1 is 0.633 bits per heavy atom. The molecule has 9 rings (SSSR count). The first-order valence-corrected chi connectivity index (χ1v) is 18.6. The van der Waals surface area contributed by atoms with Gasteiger partial charge in [-0.05, 0) is 72.3 Å². The van der Waals surface area contributed by atoms with Gasteiger partial charge in [0.15, 0.2) is 0 Å². The van der Waals surface area contributed by atoms with E-state index >= 15 is 0 Å². The average Bonchev–Trinajstić information content (AvgIpc) is 3.92. The second-order valence-electron chi connectivity index (χ2n) is 12.1. The first-order valence-electron chi connectivity index (χ1n) is 16.0. The topological polar surface area (TPSA) is 41.1 Å². The van der Waals surface area contributed by atoms with E-state index in [0.29, 0.717) is 5.71 Å². The molecule has 234 valence electrons. The van der Waals surface area contributed by atoms with E-state index in [-0.39, 0.29) is 0 Å². The Labute approximate surface area is 295 Å². The van der Waals surface area contributed by atoms with Gasteiger partial charge in [-0.15, -0.1) is 34.0 Å². The number of nitrogens with one attached hydrogen (secondary N) is 1. The number of aromatic nitrogens is 1. The third kappa shape index (κ3) is 4.83. The molecule has 1 N–H and O–H groups in total. The molecular weight excluding hydrogens is 655 g/mol. The number of allylic oxidation sites excluding steroid dienone is 1. The highest BCUT2D eigenvalue weighted by molar-refractivity contribution is 7.38. The fourth-order valence-corrected chi connectivity index (χ4v) is 10.9. The molecule has 0 aliphatic rings. The summed E-state index contributed by atoms with van der Waals surface area (Å²) in [6.07, 6.45) is 0. The zero-order valence-electron chi connectivity index (χ0n) is 26.6. The Morgan fingerprint density at radius 3 is 1.92 bits per heavy atom. The Morgan fingerprint density at radius 2 is 1.22 bits per heavy atom. The largest absolute Gasteiger partial charge is 0.309 e. The van der Waals surface area contributed by atoms with Crippen molar-refractivity contribution < 1.29 is 0 Å². The summed E-state index contributed by atoms with van der Waals surface area (Å²) in [4.78, 5) is 4.48. The molecule has 4 aromatic heterocycles. The molecule has 0 fully saturated rings. The van der Waals surface area contributed by atoms with Gasteiger partial charge in [-0.25, -0.2) is 0 Å². The summed E-state index contributed by atoms with van der Waals surface area (Å²) >= 11 is 5.39. The van der Waals surface area contributed by atoms with Crippen LogP contribution in [0.4, 0.5) is 0 Å². The predicted octanol–water partition coefficient (Wildman–Crippen LogP) is 13.1. The quantitative estimate of drug-likeness (QED) is 0.163. The fourth-order valence-electron chi connectivity index (χ4n) is 6.88. The summed E-state index contributed by atoms with van der Waals surface area (Å²) in [5.74, 6) is 0. The lowest BCUT2D eigenvalue weighted by Crippen LogP contribution is -2.02. The minimum absolute atomic E-state index is 0.472. The van der Waals surface area contributed by atoms with Crippen molar-refractivity contribution >= 4 is 92.7 Å². The van der Waals surface area contributed by atoms with Gasteiger partial charge < -0.3 is 4.57 Å². The third-order valence-corrected chi connectivity index (χ3v) is 12.9. The number of rotatable bonds is 7. The van der Waals surface area contributed by atoms with Gasteiger partial charge in [-0.1, -0.05) is 91.0 Å². The van der Waals surface area contributed by atoms with Crippen LogP contribution in [0.15, 0.2) is 149 Å². The van der Waals surface area contributed by atoms with Gasteiger partial charge in [-0.3, -0.25) is 10.4 Å². The van der Waals surface area contributed by atoms with E-state index in [1.54, 1.807) is 11.3 Å². The van der Waals surface area contributed by atoms with Gasteiger partial charge in [0.25, 0.3) is 0 Å². The van der Waals surface area contributed by atoms with Crippen LogP contribution >= 0.6 is 34.0 Å². The van der Waals surface area contributed by atoms with Crippen LogP contribution in [0.25, 0.3) is 74.2 Å². The number of nitrogens with zero attached hydrogens (tertiary/aromatic N) is 2. The predicted molar refractivity (Wildman–Crippen MR) is 216 cm³/mol. The van der Waals surface area contributed by atoms with E-state index in [1.165, 1.54) is 62.9 Å². The Balaban J connectivity index is 1.21. The molecule has 49 heavy (non-hydrogen) atoms. The van der Waals surface area contributed by atoms with Crippen LogP contribution in [-0.4, -0.2) is 17.0 Å². The Hall–Kier alpha value is -5.40. The van der Waals surface area contributed by atoms with E-state index in [9.17, 15) is 0 Å². The molecule has 0 aliphatic carbocycles. The maximum Gasteiger partial charge on any atom is 0.0768 e. The zero-order valence-corrected chi connectivity index (χ0v) is 29.1. The van der Waals surface area contributed by atoms with Crippen molar-refractivity contribution in [2.45, 2.75) is 6.92 Å². The number of hydrogen-bond acceptors (Lipinski definition) is 5. The number of fused-ring (bicyclic) bond motifs is 6. The molecule has 0 amide bonds.